The van der Waals surface area contributed by atoms with Crippen LogP contribution in [0, 0.1) is 0 Å². The number of carbonyl (C=O) groups is 2. The van der Waals surface area contributed by atoms with Crippen LogP contribution >= 0.6 is 23.2 Å². The molecular formula is C17H15Cl2N3O3. The zero-order chi connectivity index (χ0) is 18.0. The van der Waals surface area contributed by atoms with E-state index < -0.39 is 0 Å². The predicted octanol–water partition coefficient (Wildman–Crippen LogP) is 2.69. The number of aromatic hydroxyl groups is 1. The van der Waals surface area contributed by atoms with Crippen molar-refractivity contribution >= 4 is 35.0 Å². The third-order valence-corrected chi connectivity index (χ3v) is 4.52. The van der Waals surface area contributed by atoms with Crippen LogP contribution in [0.15, 0.2) is 36.4 Å². The molecule has 0 saturated carbocycles. The second-order valence-corrected chi connectivity index (χ2v) is 6.36. The van der Waals surface area contributed by atoms with Gasteiger partial charge >= 0.3 is 0 Å². The monoisotopic (exact) mass is 379 g/mol. The molecule has 0 radical (unpaired) electrons. The number of para-hydroxylation sites is 1. The summed E-state index contributed by atoms with van der Waals surface area (Å²) in [5, 5.41) is 10.2. The summed E-state index contributed by atoms with van der Waals surface area (Å²) < 4.78 is 0. The molecule has 2 aromatic rings. The summed E-state index contributed by atoms with van der Waals surface area (Å²) >= 11 is 11.9. The molecule has 1 aromatic heterocycles. The lowest BCUT2D eigenvalue weighted by Gasteiger charge is -2.34. The number of pyridine rings is 1. The van der Waals surface area contributed by atoms with Crippen molar-refractivity contribution in [3.05, 3.63) is 57.8 Å². The number of phenolic OH excluding ortho intramolecular Hbond substituents is 1. The molecule has 0 spiro atoms. The predicted molar refractivity (Wildman–Crippen MR) is 94.2 cm³/mol. The van der Waals surface area contributed by atoms with Crippen LogP contribution in [0.5, 0.6) is 5.75 Å². The van der Waals surface area contributed by atoms with E-state index in [1.807, 2.05) is 0 Å². The Hall–Kier alpha value is -2.31. The van der Waals surface area contributed by atoms with E-state index in [1.54, 1.807) is 28.0 Å². The van der Waals surface area contributed by atoms with Gasteiger partial charge in [0.1, 0.15) is 16.6 Å². The molecule has 0 atom stereocenters. The van der Waals surface area contributed by atoms with E-state index in [4.69, 9.17) is 23.2 Å². The maximum absolute atomic E-state index is 12.6. The number of nitrogens with zero attached hydrogens (tertiary/aromatic N) is 3. The van der Waals surface area contributed by atoms with Crippen LogP contribution in [-0.2, 0) is 0 Å². The van der Waals surface area contributed by atoms with Gasteiger partial charge in [-0.05, 0) is 24.3 Å². The van der Waals surface area contributed by atoms with Gasteiger partial charge in [0, 0.05) is 26.2 Å². The van der Waals surface area contributed by atoms with Gasteiger partial charge in [0.2, 0.25) is 0 Å². The molecule has 1 saturated heterocycles. The Morgan fingerprint density at radius 2 is 1.52 bits per heavy atom. The van der Waals surface area contributed by atoms with Crippen molar-refractivity contribution in [3.63, 3.8) is 0 Å². The van der Waals surface area contributed by atoms with E-state index >= 15 is 0 Å². The SMILES string of the molecule is O=C(c1ccccc1O)N1CCN(C(=O)c2nc(Cl)ccc2Cl)CC1. The summed E-state index contributed by atoms with van der Waals surface area (Å²) in [6.07, 6.45) is 0. The smallest absolute Gasteiger partial charge is 0.274 e. The molecule has 1 N–H and O–H groups in total. The number of piperazine rings is 1. The Morgan fingerprint density at radius 3 is 2.16 bits per heavy atom. The van der Waals surface area contributed by atoms with Crippen LogP contribution in [0.25, 0.3) is 0 Å². The summed E-state index contributed by atoms with van der Waals surface area (Å²) in [5.74, 6) is -0.632. The van der Waals surface area contributed by atoms with E-state index in [2.05, 4.69) is 4.98 Å². The average molecular weight is 380 g/mol. The first-order chi connectivity index (χ1) is 12.0. The second kappa shape index (κ2) is 7.29. The number of amides is 2. The number of hydrogen-bond acceptors (Lipinski definition) is 4. The van der Waals surface area contributed by atoms with E-state index in [9.17, 15) is 14.7 Å². The highest BCUT2D eigenvalue weighted by molar-refractivity contribution is 6.34. The Balaban J connectivity index is 1.68. The number of halogens is 2. The van der Waals surface area contributed by atoms with E-state index in [-0.39, 0.29) is 39.0 Å². The number of hydrogen-bond donors (Lipinski definition) is 1. The third kappa shape index (κ3) is 3.70. The molecule has 2 heterocycles. The summed E-state index contributed by atoms with van der Waals surface area (Å²) in [7, 11) is 0. The Kier molecular flexibility index (Phi) is 5.11. The highest BCUT2D eigenvalue weighted by Crippen LogP contribution is 2.21. The summed E-state index contributed by atoms with van der Waals surface area (Å²) in [4.78, 5) is 32.2. The molecular weight excluding hydrogens is 365 g/mol. The van der Waals surface area contributed by atoms with Gasteiger partial charge in [-0.15, -0.1) is 0 Å². The van der Waals surface area contributed by atoms with Crippen LogP contribution in [0.2, 0.25) is 10.2 Å². The molecule has 0 unspecified atom stereocenters. The molecule has 130 valence electrons. The normalized spacial score (nSPS) is 14.5. The maximum Gasteiger partial charge on any atom is 0.274 e. The molecule has 3 rings (SSSR count). The van der Waals surface area contributed by atoms with Gasteiger partial charge in [-0.2, -0.15) is 0 Å². The van der Waals surface area contributed by atoms with E-state index in [1.165, 1.54) is 18.2 Å². The molecule has 25 heavy (non-hydrogen) atoms. The fourth-order valence-electron chi connectivity index (χ4n) is 2.66. The van der Waals surface area contributed by atoms with Gasteiger partial charge in [-0.1, -0.05) is 35.3 Å². The maximum atomic E-state index is 12.6. The minimum atomic E-state index is -0.317. The first-order valence-electron chi connectivity index (χ1n) is 7.66. The fraction of sp³-hybridized carbons (Fsp3) is 0.235. The van der Waals surface area contributed by atoms with Gasteiger partial charge in [0.25, 0.3) is 11.8 Å². The van der Waals surface area contributed by atoms with Crippen LogP contribution < -0.4 is 0 Å². The molecule has 1 fully saturated rings. The Morgan fingerprint density at radius 1 is 0.920 bits per heavy atom. The van der Waals surface area contributed by atoms with Gasteiger partial charge in [-0.25, -0.2) is 4.98 Å². The number of carbonyl (C=O) groups excluding carboxylic acids is 2. The number of rotatable bonds is 2. The minimum Gasteiger partial charge on any atom is -0.507 e. The Bertz CT molecular complexity index is 821. The van der Waals surface area contributed by atoms with Crippen molar-refractivity contribution in [2.45, 2.75) is 0 Å². The van der Waals surface area contributed by atoms with Gasteiger partial charge in [0.15, 0.2) is 0 Å². The van der Waals surface area contributed by atoms with Gasteiger partial charge in [-0.3, -0.25) is 9.59 Å². The van der Waals surface area contributed by atoms with Crippen molar-refractivity contribution in [1.82, 2.24) is 14.8 Å². The van der Waals surface area contributed by atoms with Gasteiger partial charge < -0.3 is 14.9 Å². The average Bonchev–Trinajstić information content (AvgIpc) is 2.63. The molecule has 8 heteroatoms. The molecule has 0 bridgehead atoms. The topological polar surface area (TPSA) is 73.7 Å². The summed E-state index contributed by atoms with van der Waals surface area (Å²) in [6, 6.07) is 9.44. The molecule has 1 aliphatic heterocycles. The summed E-state index contributed by atoms with van der Waals surface area (Å²) in [5.41, 5.74) is 0.358. The van der Waals surface area contributed by atoms with Crippen molar-refractivity contribution in [2.75, 3.05) is 26.2 Å². The van der Waals surface area contributed by atoms with Crippen LogP contribution in [0.4, 0.5) is 0 Å². The van der Waals surface area contributed by atoms with E-state index in [0.29, 0.717) is 26.2 Å². The first-order valence-corrected chi connectivity index (χ1v) is 8.41. The van der Waals surface area contributed by atoms with E-state index in [0.717, 1.165) is 0 Å². The van der Waals surface area contributed by atoms with Gasteiger partial charge in [0.05, 0.1) is 10.6 Å². The lowest BCUT2D eigenvalue weighted by atomic mass is 10.1. The molecule has 1 aromatic carbocycles. The molecule has 2 amide bonds. The lowest BCUT2D eigenvalue weighted by molar-refractivity contribution is 0.0530. The number of benzene rings is 1. The minimum absolute atomic E-state index is 0.0547. The van der Waals surface area contributed by atoms with Crippen molar-refractivity contribution in [1.29, 1.82) is 0 Å². The number of phenols is 1. The zero-order valence-corrected chi connectivity index (χ0v) is 14.7. The number of aromatic nitrogens is 1. The quantitative estimate of drug-likeness (QED) is 0.814. The van der Waals surface area contributed by atoms with Crippen LogP contribution in [0.1, 0.15) is 20.8 Å². The van der Waals surface area contributed by atoms with Crippen molar-refractivity contribution in [2.24, 2.45) is 0 Å². The van der Waals surface area contributed by atoms with Crippen molar-refractivity contribution in [3.8, 4) is 5.75 Å². The first kappa shape index (κ1) is 17.5. The standard InChI is InChI=1S/C17H15Cl2N3O3/c18-12-5-6-14(19)20-15(12)17(25)22-9-7-21(8-10-22)16(24)11-3-1-2-4-13(11)23/h1-6,23H,7-10H2. The fourth-order valence-corrected chi connectivity index (χ4v) is 2.99. The van der Waals surface area contributed by atoms with Crippen LogP contribution in [0.3, 0.4) is 0 Å². The third-order valence-electron chi connectivity index (χ3n) is 4.00. The Labute approximate surface area is 154 Å². The molecule has 1 aliphatic rings. The molecule has 0 aliphatic carbocycles. The zero-order valence-electron chi connectivity index (χ0n) is 13.2. The highest BCUT2D eigenvalue weighted by atomic mass is 35.5. The largest absolute Gasteiger partial charge is 0.507 e. The lowest BCUT2D eigenvalue weighted by Crippen LogP contribution is -2.50. The second-order valence-electron chi connectivity index (χ2n) is 5.57. The van der Waals surface area contributed by atoms with Crippen LogP contribution in [-0.4, -0.2) is 57.9 Å². The summed E-state index contributed by atoms with van der Waals surface area (Å²) in [6.45, 7) is 1.42. The molecule has 6 nitrogen and oxygen atoms in total. The van der Waals surface area contributed by atoms with Crippen molar-refractivity contribution < 1.29 is 14.7 Å². The highest BCUT2D eigenvalue weighted by Gasteiger charge is 2.28.